The third-order valence-electron chi connectivity index (χ3n) is 2.25. The summed E-state index contributed by atoms with van der Waals surface area (Å²) in [5.74, 6) is -0.719. The van der Waals surface area contributed by atoms with Crippen molar-refractivity contribution in [1.82, 2.24) is 0 Å². The summed E-state index contributed by atoms with van der Waals surface area (Å²) in [6, 6.07) is 9.58. The van der Waals surface area contributed by atoms with E-state index in [-0.39, 0.29) is 23.7 Å². The molecule has 0 amide bonds. The molecule has 0 atom stereocenters. The normalized spacial score (nSPS) is 10.3. The third-order valence-corrected chi connectivity index (χ3v) is 2.25. The fourth-order valence-electron chi connectivity index (χ4n) is 1.42. The quantitative estimate of drug-likeness (QED) is 0.886. The van der Waals surface area contributed by atoms with Crippen molar-refractivity contribution in [3.8, 4) is 11.5 Å². The Kier molecular flexibility index (Phi) is 3.35. The lowest BCUT2D eigenvalue weighted by molar-refractivity contribution is 0.275. The van der Waals surface area contributed by atoms with Gasteiger partial charge < -0.3 is 9.84 Å². The molecule has 0 spiro atoms. The van der Waals surface area contributed by atoms with Crippen LogP contribution in [0.3, 0.4) is 0 Å². The Balaban J connectivity index is 2.33. The van der Waals surface area contributed by atoms with Gasteiger partial charge >= 0.3 is 0 Å². The number of benzene rings is 2. The summed E-state index contributed by atoms with van der Waals surface area (Å²) < 4.78 is 31.5. The van der Waals surface area contributed by atoms with Gasteiger partial charge in [-0.1, -0.05) is 12.1 Å². The van der Waals surface area contributed by atoms with Gasteiger partial charge in [0.25, 0.3) is 0 Å². The van der Waals surface area contributed by atoms with Crippen molar-refractivity contribution in [2.45, 2.75) is 6.61 Å². The average molecular weight is 236 g/mol. The van der Waals surface area contributed by atoms with E-state index in [0.717, 1.165) is 6.07 Å². The maximum absolute atomic E-state index is 13.3. The van der Waals surface area contributed by atoms with Crippen molar-refractivity contribution >= 4 is 0 Å². The standard InChI is InChI=1S/C13H10F2O2/c14-10-5-6-12(9(7-10)8-16)17-13-4-2-1-3-11(13)15/h1-7,16H,8H2. The minimum absolute atomic E-state index is 0.0359. The number of hydrogen-bond acceptors (Lipinski definition) is 2. The zero-order valence-electron chi connectivity index (χ0n) is 8.86. The van der Waals surface area contributed by atoms with Crippen LogP contribution >= 0.6 is 0 Å². The van der Waals surface area contributed by atoms with Gasteiger partial charge in [0.15, 0.2) is 11.6 Å². The highest BCUT2D eigenvalue weighted by molar-refractivity contribution is 5.38. The Morgan fingerprint density at radius 3 is 2.47 bits per heavy atom. The van der Waals surface area contributed by atoms with Crippen molar-refractivity contribution in [3.05, 3.63) is 59.7 Å². The van der Waals surface area contributed by atoms with E-state index in [0.29, 0.717) is 0 Å². The first-order valence-electron chi connectivity index (χ1n) is 5.02. The first-order valence-corrected chi connectivity index (χ1v) is 5.02. The fraction of sp³-hybridized carbons (Fsp3) is 0.0769. The lowest BCUT2D eigenvalue weighted by atomic mass is 10.2. The van der Waals surface area contributed by atoms with Gasteiger partial charge in [0, 0.05) is 5.56 Å². The number of para-hydroxylation sites is 1. The molecule has 0 bridgehead atoms. The molecule has 2 aromatic rings. The molecule has 0 aliphatic carbocycles. The van der Waals surface area contributed by atoms with Crippen LogP contribution in [0.25, 0.3) is 0 Å². The molecule has 0 aliphatic heterocycles. The molecule has 0 saturated heterocycles. The molecule has 17 heavy (non-hydrogen) atoms. The minimum atomic E-state index is -0.513. The van der Waals surface area contributed by atoms with Crippen molar-refractivity contribution in [2.75, 3.05) is 0 Å². The Bertz CT molecular complexity index is 527. The van der Waals surface area contributed by atoms with E-state index in [1.165, 1.54) is 24.3 Å². The highest BCUT2D eigenvalue weighted by atomic mass is 19.1. The number of hydrogen-bond donors (Lipinski definition) is 1. The van der Waals surface area contributed by atoms with Gasteiger partial charge in [0.1, 0.15) is 11.6 Å². The van der Waals surface area contributed by atoms with E-state index in [4.69, 9.17) is 9.84 Å². The van der Waals surface area contributed by atoms with Crippen LogP contribution in [0.4, 0.5) is 8.78 Å². The molecule has 0 fully saturated rings. The van der Waals surface area contributed by atoms with Gasteiger partial charge in [0.05, 0.1) is 6.61 Å². The van der Waals surface area contributed by atoms with Crippen molar-refractivity contribution in [2.24, 2.45) is 0 Å². The van der Waals surface area contributed by atoms with Gasteiger partial charge in [-0.2, -0.15) is 0 Å². The van der Waals surface area contributed by atoms with Gasteiger partial charge in [-0.15, -0.1) is 0 Å². The van der Waals surface area contributed by atoms with Gasteiger partial charge in [-0.3, -0.25) is 0 Å². The number of ether oxygens (including phenoxy) is 1. The predicted molar refractivity (Wildman–Crippen MR) is 58.8 cm³/mol. The smallest absolute Gasteiger partial charge is 0.165 e. The van der Waals surface area contributed by atoms with Crippen LogP contribution in [0, 0.1) is 11.6 Å². The Hall–Kier alpha value is -1.94. The highest BCUT2D eigenvalue weighted by Gasteiger charge is 2.08. The molecule has 88 valence electrons. The number of halogens is 2. The summed E-state index contributed by atoms with van der Waals surface area (Å²) in [6.07, 6.45) is 0. The van der Waals surface area contributed by atoms with E-state index in [1.54, 1.807) is 12.1 Å². The SMILES string of the molecule is OCc1cc(F)ccc1Oc1ccccc1F. The average Bonchev–Trinajstić information content (AvgIpc) is 2.34. The number of rotatable bonds is 3. The van der Waals surface area contributed by atoms with Crippen LogP contribution in [-0.2, 0) is 6.61 Å². The van der Waals surface area contributed by atoms with E-state index in [1.807, 2.05) is 0 Å². The fourth-order valence-corrected chi connectivity index (χ4v) is 1.42. The summed E-state index contributed by atoms with van der Waals surface area (Å²) in [5, 5.41) is 9.05. The van der Waals surface area contributed by atoms with E-state index >= 15 is 0 Å². The Morgan fingerprint density at radius 2 is 1.76 bits per heavy atom. The Morgan fingerprint density at radius 1 is 1.00 bits per heavy atom. The van der Waals surface area contributed by atoms with E-state index in [9.17, 15) is 8.78 Å². The molecule has 1 N–H and O–H groups in total. The highest BCUT2D eigenvalue weighted by Crippen LogP contribution is 2.27. The van der Waals surface area contributed by atoms with Crippen LogP contribution in [0.2, 0.25) is 0 Å². The molecular formula is C13H10F2O2. The lowest BCUT2D eigenvalue weighted by Crippen LogP contribution is -1.94. The second-order valence-corrected chi connectivity index (χ2v) is 3.44. The van der Waals surface area contributed by atoms with Gasteiger partial charge in [-0.05, 0) is 30.3 Å². The molecule has 0 unspecified atom stereocenters. The molecule has 0 aromatic heterocycles. The summed E-state index contributed by atoms with van der Waals surface area (Å²) in [5.41, 5.74) is 0.272. The number of aliphatic hydroxyl groups is 1. The summed E-state index contributed by atoms with van der Waals surface area (Å²) in [4.78, 5) is 0. The lowest BCUT2D eigenvalue weighted by Gasteiger charge is -2.10. The van der Waals surface area contributed by atoms with Crippen molar-refractivity contribution < 1.29 is 18.6 Å². The van der Waals surface area contributed by atoms with Gasteiger partial charge in [-0.25, -0.2) is 8.78 Å². The summed E-state index contributed by atoms with van der Waals surface area (Å²) in [7, 11) is 0. The van der Waals surface area contributed by atoms with Crippen LogP contribution in [0.15, 0.2) is 42.5 Å². The van der Waals surface area contributed by atoms with Crippen molar-refractivity contribution in [1.29, 1.82) is 0 Å². The minimum Gasteiger partial charge on any atom is -0.454 e. The molecule has 0 heterocycles. The van der Waals surface area contributed by atoms with Crippen LogP contribution in [0.5, 0.6) is 11.5 Å². The predicted octanol–water partition coefficient (Wildman–Crippen LogP) is 3.25. The first kappa shape index (κ1) is 11.5. The van der Waals surface area contributed by atoms with E-state index < -0.39 is 11.6 Å². The largest absolute Gasteiger partial charge is 0.454 e. The zero-order valence-corrected chi connectivity index (χ0v) is 8.86. The van der Waals surface area contributed by atoms with Crippen LogP contribution in [0.1, 0.15) is 5.56 Å². The second-order valence-electron chi connectivity index (χ2n) is 3.44. The summed E-state index contributed by atoms with van der Waals surface area (Å²) >= 11 is 0. The molecule has 0 saturated carbocycles. The summed E-state index contributed by atoms with van der Waals surface area (Å²) in [6.45, 7) is -0.373. The maximum atomic E-state index is 13.3. The topological polar surface area (TPSA) is 29.5 Å². The molecule has 0 radical (unpaired) electrons. The van der Waals surface area contributed by atoms with Gasteiger partial charge in [0.2, 0.25) is 0 Å². The van der Waals surface area contributed by atoms with Crippen LogP contribution in [-0.4, -0.2) is 5.11 Å². The maximum Gasteiger partial charge on any atom is 0.165 e. The molecular weight excluding hydrogens is 226 g/mol. The third kappa shape index (κ3) is 2.60. The zero-order chi connectivity index (χ0) is 12.3. The molecule has 2 rings (SSSR count). The Labute approximate surface area is 97.1 Å². The molecule has 2 aromatic carbocycles. The first-order chi connectivity index (χ1) is 8.20. The van der Waals surface area contributed by atoms with E-state index in [2.05, 4.69) is 0 Å². The molecule has 4 heteroatoms. The number of aliphatic hydroxyl groups excluding tert-OH is 1. The van der Waals surface area contributed by atoms with Crippen molar-refractivity contribution in [3.63, 3.8) is 0 Å². The second kappa shape index (κ2) is 4.93. The monoisotopic (exact) mass is 236 g/mol. The molecule has 2 nitrogen and oxygen atoms in total. The molecule has 0 aliphatic rings. The van der Waals surface area contributed by atoms with Crippen LogP contribution < -0.4 is 4.74 Å².